The lowest BCUT2D eigenvalue weighted by molar-refractivity contribution is 0.0944. The summed E-state index contributed by atoms with van der Waals surface area (Å²) in [5.41, 5.74) is 5.70. The van der Waals surface area contributed by atoms with E-state index in [-0.39, 0.29) is 5.91 Å². The van der Waals surface area contributed by atoms with Gasteiger partial charge in [0.05, 0.1) is 0 Å². The van der Waals surface area contributed by atoms with Crippen LogP contribution in [-0.4, -0.2) is 48.5 Å². The highest BCUT2D eigenvalue weighted by Gasteiger charge is 2.11. The average molecular weight is 254 g/mol. The van der Waals surface area contributed by atoms with Crippen LogP contribution >= 0.6 is 0 Å². The number of carbonyl (C=O) groups is 1. The fourth-order valence-electron chi connectivity index (χ4n) is 1.61. The number of nitrogens with two attached hydrogens (primary N) is 1. The zero-order valence-corrected chi connectivity index (χ0v) is 11.1. The first kappa shape index (κ1) is 14.7. The van der Waals surface area contributed by atoms with Gasteiger partial charge in [-0.2, -0.15) is 0 Å². The van der Waals surface area contributed by atoms with Crippen LogP contribution in [0.3, 0.4) is 0 Å². The molecule has 3 N–H and O–H groups in total. The molecule has 0 unspecified atom stereocenters. The van der Waals surface area contributed by atoms with Crippen LogP contribution in [0.5, 0.6) is 0 Å². The molecule has 0 saturated heterocycles. The highest BCUT2D eigenvalue weighted by atomic mass is 16.3. The minimum Gasteiger partial charge on any atom is -0.448 e. The quantitative estimate of drug-likeness (QED) is 0.694. The van der Waals surface area contributed by atoms with Gasteiger partial charge in [-0.3, -0.25) is 4.79 Å². The van der Waals surface area contributed by atoms with Crippen LogP contribution in [0.4, 0.5) is 0 Å². The lowest BCUT2D eigenvalue weighted by atomic mass is 10.4. The van der Waals surface area contributed by atoms with Crippen LogP contribution in [0.25, 0.3) is 0 Å². The Morgan fingerprint density at radius 3 is 2.83 bits per heavy atom. The first-order chi connectivity index (χ1) is 8.71. The molecule has 0 aromatic carbocycles. The molecule has 1 amide bonds. The molecule has 0 bridgehead atoms. The van der Waals surface area contributed by atoms with Crippen molar-refractivity contribution < 1.29 is 9.21 Å². The van der Waals surface area contributed by atoms with Crippen molar-refractivity contribution in [3.05, 3.63) is 17.8 Å². The third-order valence-electron chi connectivity index (χ3n) is 2.75. The van der Waals surface area contributed by atoms with E-state index in [1.165, 1.54) is 6.26 Å². The topological polar surface area (TPSA) is 84.4 Å². The Morgan fingerprint density at radius 1 is 1.50 bits per heavy atom. The molecule has 0 atom stereocenters. The molecule has 1 aromatic heterocycles. The number of nitrogens with one attached hydrogen (secondary N) is 1. The average Bonchev–Trinajstić information content (AvgIpc) is 2.83. The largest absolute Gasteiger partial charge is 0.448 e. The zero-order chi connectivity index (χ0) is 13.4. The van der Waals surface area contributed by atoms with E-state index in [4.69, 9.17) is 10.2 Å². The molecule has 0 radical (unpaired) electrons. The summed E-state index contributed by atoms with van der Waals surface area (Å²) in [5.74, 6) is 0.306. The number of nitrogens with zero attached hydrogens (tertiary/aromatic N) is 2. The van der Waals surface area contributed by atoms with Crippen molar-refractivity contribution in [3.63, 3.8) is 0 Å². The number of hydrogen-bond acceptors (Lipinski definition) is 5. The van der Waals surface area contributed by atoms with E-state index in [2.05, 4.69) is 29.0 Å². The van der Waals surface area contributed by atoms with Crippen molar-refractivity contribution in [3.8, 4) is 0 Å². The molecule has 6 heteroatoms. The van der Waals surface area contributed by atoms with Crippen LogP contribution in [0.1, 0.15) is 30.2 Å². The van der Waals surface area contributed by atoms with Gasteiger partial charge in [0.1, 0.15) is 6.26 Å². The fourth-order valence-corrected chi connectivity index (χ4v) is 1.61. The number of aromatic nitrogens is 1. The second-order valence-electron chi connectivity index (χ2n) is 3.95. The number of rotatable bonds is 8. The maximum Gasteiger partial charge on any atom is 0.273 e. The maximum atomic E-state index is 11.7. The van der Waals surface area contributed by atoms with E-state index >= 15 is 0 Å². The van der Waals surface area contributed by atoms with Gasteiger partial charge in [0.15, 0.2) is 11.6 Å². The second-order valence-corrected chi connectivity index (χ2v) is 3.95. The Hall–Kier alpha value is -1.40. The lowest BCUT2D eigenvalue weighted by Crippen LogP contribution is -2.34. The Bertz CT molecular complexity index is 361. The summed E-state index contributed by atoms with van der Waals surface area (Å²) in [6.45, 7) is 8.08. The first-order valence-corrected chi connectivity index (χ1v) is 6.36. The highest BCUT2D eigenvalue weighted by molar-refractivity contribution is 5.91. The SMILES string of the molecule is CCN(CC)CCNC(=O)c1coc(CCN)n1. The van der Waals surface area contributed by atoms with Crippen molar-refractivity contribution in [2.24, 2.45) is 5.73 Å². The van der Waals surface area contributed by atoms with Gasteiger partial charge in [-0.05, 0) is 13.1 Å². The summed E-state index contributed by atoms with van der Waals surface area (Å²) < 4.78 is 5.13. The smallest absolute Gasteiger partial charge is 0.273 e. The van der Waals surface area contributed by atoms with E-state index in [9.17, 15) is 4.79 Å². The van der Waals surface area contributed by atoms with Crippen molar-refractivity contribution in [2.45, 2.75) is 20.3 Å². The van der Waals surface area contributed by atoms with Crippen molar-refractivity contribution >= 4 is 5.91 Å². The van der Waals surface area contributed by atoms with E-state index in [0.717, 1.165) is 19.6 Å². The Morgan fingerprint density at radius 2 is 2.22 bits per heavy atom. The van der Waals surface area contributed by atoms with Crippen molar-refractivity contribution in [2.75, 3.05) is 32.7 Å². The number of likely N-dealkylation sites (N-methyl/N-ethyl adjacent to an activating group) is 1. The summed E-state index contributed by atoms with van der Waals surface area (Å²) in [7, 11) is 0. The molecule has 0 aliphatic rings. The summed E-state index contributed by atoms with van der Waals surface area (Å²) >= 11 is 0. The molecule has 1 heterocycles. The highest BCUT2D eigenvalue weighted by Crippen LogP contribution is 2.02. The van der Waals surface area contributed by atoms with Gasteiger partial charge in [0, 0.05) is 26.1 Å². The number of hydrogen-bond donors (Lipinski definition) is 2. The summed E-state index contributed by atoms with van der Waals surface area (Å²) in [5, 5.41) is 2.82. The van der Waals surface area contributed by atoms with Crippen LogP contribution in [-0.2, 0) is 6.42 Å². The van der Waals surface area contributed by atoms with Crippen LogP contribution in [0.2, 0.25) is 0 Å². The van der Waals surface area contributed by atoms with Gasteiger partial charge in [-0.1, -0.05) is 13.8 Å². The molecule has 0 spiro atoms. The van der Waals surface area contributed by atoms with Gasteiger partial charge >= 0.3 is 0 Å². The first-order valence-electron chi connectivity index (χ1n) is 6.36. The van der Waals surface area contributed by atoms with Crippen LogP contribution in [0, 0.1) is 0 Å². The van der Waals surface area contributed by atoms with E-state index < -0.39 is 0 Å². The maximum absolute atomic E-state index is 11.7. The van der Waals surface area contributed by atoms with E-state index in [1.54, 1.807) is 0 Å². The third kappa shape index (κ3) is 4.46. The van der Waals surface area contributed by atoms with Crippen LogP contribution < -0.4 is 11.1 Å². The molecule has 18 heavy (non-hydrogen) atoms. The minimum atomic E-state index is -0.200. The molecular weight excluding hydrogens is 232 g/mol. The minimum absolute atomic E-state index is 0.200. The molecule has 0 fully saturated rings. The number of carbonyl (C=O) groups excluding carboxylic acids is 1. The predicted molar refractivity (Wildman–Crippen MR) is 69.4 cm³/mol. The zero-order valence-electron chi connectivity index (χ0n) is 11.1. The van der Waals surface area contributed by atoms with Crippen molar-refractivity contribution in [1.29, 1.82) is 0 Å². The summed E-state index contributed by atoms with van der Waals surface area (Å²) in [6.07, 6.45) is 1.92. The van der Waals surface area contributed by atoms with Gasteiger partial charge in [-0.15, -0.1) is 0 Å². The second kappa shape index (κ2) is 7.84. The Balaban J connectivity index is 2.35. The fraction of sp³-hybridized carbons (Fsp3) is 0.667. The normalized spacial score (nSPS) is 10.9. The van der Waals surface area contributed by atoms with Gasteiger partial charge in [0.25, 0.3) is 5.91 Å². The molecular formula is C12H22N4O2. The molecule has 102 valence electrons. The molecule has 1 aromatic rings. The molecule has 0 aliphatic carbocycles. The third-order valence-corrected chi connectivity index (χ3v) is 2.75. The van der Waals surface area contributed by atoms with Gasteiger partial charge < -0.3 is 20.4 Å². The number of amides is 1. The molecule has 0 saturated carbocycles. The lowest BCUT2D eigenvalue weighted by Gasteiger charge is -2.17. The Labute approximate surface area is 108 Å². The van der Waals surface area contributed by atoms with Crippen LogP contribution in [0.15, 0.2) is 10.7 Å². The molecule has 0 aliphatic heterocycles. The van der Waals surface area contributed by atoms with E-state index in [1.807, 2.05) is 0 Å². The molecule has 6 nitrogen and oxygen atoms in total. The van der Waals surface area contributed by atoms with Gasteiger partial charge in [0.2, 0.25) is 0 Å². The van der Waals surface area contributed by atoms with E-state index in [0.29, 0.717) is 31.1 Å². The van der Waals surface area contributed by atoms with Crippen molar-refractivity contribution in [1.82, 2.24) is 15.2 Å². The molecule has 1 rings (SSSR count). The summed E-state index contributed by atoms with van der Waals surface area (Å²) in [6, 6.07) is 0. The predicted octanol–water partition coefficient (Wildman–Crippen LogP) is 0.247. The van der Waals surface area contributed by atoms with Gasteiger partial charge in [-0.25, -0.2) is 4.98 Å². The Kier molecular flexibility index (Phi) is 6.38. The standard InChI is InChI=1S/C12H22N4O2/c1-3-16(4-2)8-7-14-12(17)10-9-18-11(15-10)5-6-13/h9H,3-8,13H2,1-2H3,(H,14,17). The number of oxazole rings is 1. The summed E-state index contributed by atoms with van der Waals surface area (Å²) in [4.78, 5) is 18.0. The monoisotopic (exact) mass is 254 g/mol.